The summed E-state index contributed by atoms with van der Waals surface area (Å²) in [5.41, 5.74) is 1.01. The number of methoxy groups -OCH3 is 2. The molecule has 9 heteroatoms. The number of aromatic nitrogens is 4. The summed E-state index contributed by atoms with van der Waals surface area (Å²) in [5.74, 6) is 3.06. The molecular weight excluding hydrogens is 372 g/mol. The van der Waals surface area contributed by atoms with E-state index in [1.165, 1.54) is 0 Å². The molecule has 0 spiro atoms. The van der Waals surface area contributed by atoms with Gasteiger partial charge in [-0.1, -0.05) is 0 Å². The summed E-state index contributed by atoms with van der Waals surface area (Å²) in [6.07, 6.45) is 1.66. The van der Waals surface area contributed by atoms with Crippen molar-refractivity contribution in [3.05, 3.63) is 53.7 Å². The molecule has 3 aromatic rings. The Labute approximate surface area is 169 Å². The third-order valence-corrected chi connectivity index (χ3v) is 5.33. The molecule has 0 unspecified atom stereocenters. The van der Waals surface area contributed by atoms with Crippen molar-refractivity contribution in [2.24, 2.45) is 0 Å². The fourth-order valence-corrected chi connectivity index (χ4v) is 3.69. The van der Waals surface area contributed by atoms with Gasteiger partial charge in [-0.25, -0.2) is 4.68 Å². The Balaban J connectivity index is 1.75. The van der Waals surface area contributed by atoms with Crippen molar-refractivity contribution < 1.29 is 13.9 Å². The summed E-state index contributed by atoms with van der Waals surface area (Å²) < 4.78 is 18.4. The van der Waals surface area contributed by atoms with Gasteiger partial charge < -0.3 is 18.8 Å². The maximum atomic E-state index is 5.71. The van der Waals surface area contributed by atoms with E-state index in [0.717, 1.165) is 54.8 Å². The lowest BCUT2D eigenvalue weighted by Gasteiger charge is -2.37. The van der Waals surface area contributed by atoms with E-state index in [9.17, 15) is 0 Å². The highest BCUT2D eigenvalue weighted by molar-refractivity contribution is 5.44. The van der Waals surface area contributed by atoms with Crippen LogP contribution >= 0.6 is 0 Å². The van der Waals surface area contributed by atoms with Crippen LogP contribution in [0, 0.1) is 0 Å². The predicted octanol–water partition coefficient (Wildman–Crippen LogP) is 1.67. The normalized spacial score (nSPS) is 16.7. The Morgan fingerprint density at radius 2 is 1.93 bits per heavy atom. The molecule has 1 aliphatic heterocycles. The number of hydrogen-bond acceptors (Lipinski definition) is 8. The van der Waals surface area contributed by atoms with Gasteiger partial charge in [-0.3, -0.25) is 4.90 Å². The highest BCUT2D eigenvalue weighted by Gasteiger charge is 2.32. The quantitative estimate of drug-likeness (QED) is 0.595. The molecule has 29 heavy (non-hydrogen) atoms. The first-order chi connectivity index (χ1) is 14.2. The van der Waals surface area contributed by atoms with Crippen LogP contribution in [-0.4, -0.2) is 77.5 Å². The number of benzene rings is 1. The molecule has 1 aromatic carbocycles. The van der Waals surface area contributed by atoms with Gasteiger partial charge in [0, 0.05) is 37.8 Å². The zero-order chi connectivity index (χ0) is 20.2. The molecule has 1 atom stereocenters. The molecule has 9 nitrogen and oxygen atoms in total. The Hall–Kier alpha value is -2.91. The lowest BCUT2D eigenvalue weighted by atomic mass is 10.0. The van der Waals surface area contributed by atoms with E-state index in [4.69, 9.17) is 13.9 Å². The van der Waals surface area contributed by atoms with Crippen molar-refractivity contribution in [3.63, 3.8) is 0 Å². The smallest absolute Gasteiger partial charge is 0.173 e. The van der Waals surface area contributed by atoms with Gasteiger partial charge in [0.15, 0.2) is 5.82 Å². The largest absolute Gasteiger partial charge is 0.497 e. The van der Waals surface area contributed by atoms with Crippen LogP contribution in [0.2, 0.25) is 0 Å². The molecule has 0 N–H and O–H groups in total. The Morgan fingerprint density at radius 1 is 1.10 bits per heavy atom. The number of ether oxygens (including phenoxy) is 2. The van der Waals surface area contributed by atoms with Gasteiger partial charge in [-0.15, -0.1) is 5.10 Å². The lowest BCUT2D eigenvalue weighted by Crippen LogP contribution is -2.46. The first-order valence-corrected chi connectivity index (χ1v) is 9.62. The minimum absolute atomic E-state index is 0.144. The number of furan rings is 1. The van der Waals surface area contributed by atoms with Gasteiger partial charge in [0.1, 0.15) is 29.8 Å². The van der Waals surface area contributed by atoms with Crippen LogP contribution in [0.3, 0.4) is 0 Å². The highest BCUT2D eigenvalue weighted by atomic mass is 16.5. The average molecular weight is 398 g/mol. The molecule has 4 rings (SSSR count). The summed E-state index contributed by atoms with van der Waals surface area (Å²) in [5, 5.41) is 12.6. The monoisotopic (exact) mass is 398 g/mol. The maximum Gasteiger partial charge on any atom is 0.173 e. The number of nitrogens with zero attached hydrogens (tertiary/aromatic N) is 6. The molecule has 3 heterocycles. The van der Waals surface area contributed by atoms with Crippen molar-refractivity contribution in [2.45, 2.75) is 12.6 Å². The third-order valence-electron chi connectivity index (χ3n) is 5.33. The Bertz CT molecular complexity index is 918. The summed E-state index contributed by atoms with van der Waals surface area (Å²) in [6.45, 7) is 4.25. The van der Waals surface area contributed by atoms with Crippen molar-refractivity contribution in [1.82, 2.24) is 30.0 Å². The minimum Gasteiger partial charge on any atom is -0.497 e. The van der Waals surface area contributed by atoms with E-state index < -0.39 is 0 Å². The topological polar surface area (TPSA) is 81.7 Å². The Kier molecular flexibility index (Phi) is 5.77. The fourth-order valence-electron chi connectivity index (χ4n) is 3.69. The number of hydrogen-bond donors (Lipinski definition) is 0. The first-order valence-electron chi connectivity index (χ1n) is 9.62. The molecule has 0 bridgehead atoms. The van der Waals surface area contributed by atoms with Gasteiger partial charge in [-0.2, -0.15) is 0 Å². The van der Waals surface area contributed by atoms with Crippen molar-refractivity contribution in [2.75, 3.05) is 47.4 Å². The average Bonchev–Trinajstić information content (AvgIpc) is 3.43. The first kappa shape index (κ1) is 19.4. The van der Waals surface area contributed by atoms with E-state index in [1.807, 2.05) is 30.3 Å². The van der Waals surface area contributed by atoms with Crippen molar-refractivity contribution in [3.8, 4) is 11.5 Å². The van der Waals surface area contributed by atoms with E-state index in [1.54, 1.807) is 25.2 Å². The summed E-state index contributed by atoms with van der Waals surface area (Å²) >= 11 is 0. The van der Waals surface area contributed by atoms with Crippen LogP contribution in [0.15, 0.2) is 41.0 Å². The molecule has 0 radical (unpaired) electrons. The summed E-state index contributed by atoms with van der Waals surface area (Å²) in [4.78, 5) is 4.72. The van der Waals surface area contributed by atoms with Crippen LogP contribution in [0.5, 0.6) is 11.5 Å². The molecule has 2 aromatic heterocycles. The van der Waals surface area contributed by atoms with Gasteiger partial charge in [0.2, 0.25) is 0 Å². The van der Waals surface area contributed by atoms with Gasteiger partial charge in [0.05, 0.1) is 20.5 Å². The van der Waals surface area contributed by atoms with E-state index in [0.29, 0.717) is 6.54 Å². The van der Waals surface area contributed by atoms with Crippen molar-refractivity contribution >= 4 is 0 Å². The third kappa shape index (κ3) is 4.10. The number of likely N-dealkylation sites (N-methyl/N-ethyl adjacent to an activating group) is 1. The summed E-state index contributed by atoms with van der Waals surface area (Å²) in [7, 11) is 5.46. The van der Waals surface area contributed by atoms with Crippen LogP contribution in [-0.2, 0) is 6.54 Å². The molecule has 1 aliphatic rings. The molecule has 0 aliphatic carbocycles. The Morgan fingerprint density at radius 3 is 2.62 bits per heavy atom. The molecule has 1 saturated heterocycles. The number of rotatable bonds is 7. The molecule has 154 valence electrons. The van der Waals surface area contributed by atoms with Gasteiger partial charge in [-0.05, 0) is 41.7 Å². The molecular formula is C20H26N6O3. The molecule has 1 fully saturated rings. The highest BCUT2D eigenvalue weighted by Crippen LogP contribution is 2.36. The van der Waals surface area contributed by atoms with Crippen LogP contribution in [0.4, 0.5) is 0 Å². The van der Waals surface area contributed by atoms with Crippen LogP contribution in [0.25, 0.3) is 0 Å². The zero-order valence-corrected chi connectivity index (χ0v) is 17.0. The SMILES string of the molecule is COc1ccc([C@@H](c2nnnn2Cc2ccco2)N2CCN(C)CC2)c(OC)c1. The predicted molar refractivity (Wildman–Crippen MR) is 106 cm³/mol. The lowest BCUT2D eigenvalue weighted by molar-refractivity contribution is 0.120. The zero-order valence-electron chi connectivity index (χ0n) is 17.0. The second-order valence-electron chi connectivity index (χ2n) is 7.12. The number of piperazine rings is 1. The van der Waals surface area contributed by atoms with Crippen LogP contribution in [0.1, 0.15) is 23.2 Å². The summed E-state index contributed by atoms with van der Waals surface area (Å²) in [6, 6.07) is 9.52. The van der Waals surface area contributed by atoms with E-state index in [-0.39, 0.29) is 6.04 Å². The van der Waals surface area contributed by atoms with Gasteiger partial charge in [0.25, 0.3) is 0 Å². The molecule has 0 saturated carbocycles. The molecule has 0 amide bonds. The van der Waals surface area contributed by atoms with E-state index in [2.05, 4.69) is 32.4 Å². The van der Waals surface area contributed by atoms with Gasteiger partial charge >= 0.3 is 0 Å². The van der Waals surface area contributed by atoms with Crippen LogP contribution < -0.4 is 9.47 Å². The fraction of sp³-hybridized carbons (Fsp3) is 0.450. The number of tetrazole rings is 1. The maximum absolute atomic E-state index is 5.71. The standard InChI is InChI=1S/C20H26N6O3/c1-24-8-10-25(11-9-24)19(17-7-6-15(27-2)13-18(17)28-3)20-21-22-23-26(20)14-16-5-4-12-29-16/h4-7,12-13,19H,8-11,14H2,1-3H3/t19-/m0/s1. The minimum atomic E-state index is -0.144. The van der Waals surface area contributed by atoms with E-state index >= 15 is 0 Å². The second-order valence-corrected chi connectivity index (χ2v) is 7.12. The van der Waals surface area contributed by atoms with Crippen molar-refractivity contribution in [1.29, 1.82) is 0 Å². The second kappa shape index (κ2) is 8.62.